The summed E-state index contributed by atoms with van der Waals surface area (Å²) in [5.74, 6) is 1.70. The van der Waals surface area contributed by atoms with Crippen molar-refractivity contribution in [1.82, 2.24) is 24.6 Å². The molecular weight excluding hydrogens is 424 g/mol. The molecule has 0 aliphatic carbocycles. The highest BCUT2D eigenvalue weighted by molar-refractivity contribution is 6.30. The number of hydrogen-bond donors (Lipinski definition) is 0. The first kappa shape index (κ1) is 20.5. The lowest BCUT2D eigenvalue weighted by Crippen LogP contribution is -2.49. The third-order valence-electron chi connectivity index (χ3n) is 5.71. The van der Waals surface area contributed by atoms with E-state index in [1.54, 1.807) is 4.68 Å². The van der Waals surface area contributed by atoms with Gasteiger partial charge in [-0.1, -0.05) is 42.8 Å². The first-order valence-corrected chi connectivity index (χ1v) is 11.1. The van der Waals surface area contributed by atoms with E-state index in [-0.39, 0.29) is 5.91 Å². The van der Waals surface area contributed by atoms with Crippen molar-refractivity contribution in [3.05, 3.63) is 77.2 Å². The minimum Gasteiger partial charge on any atom is -0.352 e. The van der Waals surface area contributed by atoms with E-state index in [9.17, 15) is 4.79 Å². The SMILES string of the molecule is CCc1nc(N2CCN(C(=O)c3ccccc3)CC2)c2cnn(-c3cccc(Cl)c3)c2n1. The zero-order chi connectivity index (χ0) is 22.1. The van der Waals surface area contributed by atoms with Gasteiger partial charge in [-0.05, 0) is 30.3 Å². The molecule has 2 aromatic carbocycles. The number of aromatic nitrogens is 4. The van der Waals surface area contributed by atoms with Gasteiger partial charge in [0.1, 0.15) is 11.6 Å². The van der Waals surface area contributed by atoms with Gasteiger partial charge in [-0.2, -0.15) is 5.10 Å². The average Bonchev–Trinajstić information content (AvgIpc) is 3.27. The first-order chi connectivity index (χ1) is 15.6. The Bertz CT molecular complexity index is 1260. The van der Waals surface area contributed by atoms with Crippen molar-refractivity contribution in [3.63, 3.8) is 0 Å². The summed E-state index contributed by atoms with van der Waals surface area (Å²) in [7, 11) is 0. The van der Waals surface area contributed by atoms with Crippen LogP contribution in [0.5, 0.6) is 0 Å². The number of piperazine rings is 1. The average molecular weight is 447 g/mol. The number of fused-ring (bicyclic) bond motifs is 1. The summed E-state index contributed by atoms with van der Waals surface area (Å²) in [6.07, 6.45) is 2.53. The number of hydrogen-bond acceptors (Lipinski definition) is 5. The van der Waals surface area contributed by atoms with E-state index in [0.29, 0.717) is 31.2 Å². The molecule has 0 atom stereocenters. The molecule has 0 saturated carbocycles. The van der Waals surface area contributed by atoms with Crippen molar-refractivity contribution < 1.29 is 4.79 Å². The Labute approximate surface area is 191 Å². The highest BCUT2D eigenvalue weighted by atomic mass is 35.5. The molecule has 1 aliphatic rings. The summed E-state index contributed by atoms with van der Waals surface area (Å²) in [6, 6.07) is 17.0. The van der Waals surface area contributed by atoms with Gasteiger partial charge in [-0.3, -0.25) is 4.79 Å². The van der Waals surface area contributed by atoms with Crippen LogP contribution >= 0.6 is 11.6 Å². The number of carbonyl (C=O) groups excluding carboxylic acids is 1. The Kier molecular flexibility index (Phi) is 5.49. The normalized spacial score (nSPS) is 14.2. The van der Waals surface area contributed by atoms with Crippen LogP contribution in [0.2, 0.25) is 5.02 Å². The summed E-state index contributed by atoms with van der Waals surface area (Å²) < 4.78 is 1.81. The molecule has 1 fully saturated rings. The molecule has 7 nitrogen and oxygen atoms in total. The van der Waals surface area contributed by atoms with Crippen LogP contribution in [0, 0.1) is 0 Å². The van der Waals surface area contributed by atoms with Gasteiger partial charge in [0.2, 0.25) is 0 Å². The smallest absolute Gasteiger partial charge is 0.253 e. The second-order valence-electron chi connectivity index (χ2n) is 7.74. The van der Waals surface area contributed by atoms with Crippen molar-refractivity contribution in [3.8, 4) is 5.69 Å². The molecule has 3 heterocycles. The van der Waals surface area contributed by atoms with Gasteiger partial charge < -0.3 is 9.80 Å². The third kappa shape index (κ3) is 3.80. The van der Waals surface area contributed by atoms with Crippen LogP contribution in [0.15, 0.2) is 60.8 Å². The molecule has 0 radical (unpaired) electrons. The summed E-state index contributed by atoms with van der Waals surface area (Å²) in [6.45, 7) is 4.74. The fourth-order valence-corrected chi connectivity index (χ4v) is 4.20. The van der Waals surface area contributed by atoms with Gasteiger partial charge >= 0.3 is 0 Å². The second kappa shape index (κ2) is 8.59. The Morgan fingerprint density at radius 2 is 1.78 bits per heavy atom. The number of nitrogens with zero attached hydrogens (tertiary/aromatic N) is 6. The fraction of sp³-hybridized carbons (Fsp3) is 0.250. The molecule has 0 N–H and O–H groups in total. The van der Waals surface area contributed by atoms with E-state index in [1.807, 2.05) is 72.6 Å². The highest BCUT2D eigenvalue weighted by Crippen LogP contribution is 2.27. The van der Waals surface area contributed by atoms with Crippen molar-refractivity contribution >= 4 is 34.4 Å². The number of rotatable bonds is 4. The Morgan fingerprint density at radius 3 is 2.50 bits per heavy atom. The molecule has 0 bridgehead atoms. The lowest BCUT2D eigenvalue weighted by Gasteiger charge is -2.35. The van der Waals surface area contributed by atoms with Crippen LogP contribution in [-0.4, -0.2) is 56.7 Å². The maximum Gasteiger partial charge on any atom is 0.253 e. The molecule has 1 aliphatic heterocycles. The highest BCUT2D eigenvalue weighted by Gasteiger charge is 2.25. The predicted molar refractivity (Wildman–Crippen MR) is 126 cm³/mol. The zero-order valence-electron chi connectivity index (χ0n) is 17.8. The summed E-state index contributed by atoms with van der Waals surface area (Å²) in [5.41, 5.74) is 2.34. The summed E-state index contributed by atoms with van der Waals surface area (Å²) in [5, 5.41) is 6.13. The topological polar surface area (TPSA) is 67.2 Å². The molecule has 2 aromatic heterocycles. The van der Waals surface area contributed by atoms with Crippen molar-refractivity contribution in [1.29, 1.82) is 0 Å². The van der Waals surface area contributed by atoms with E-state index in [1.165, 1.54) is 0 Å². The van der Waals surface area contributed by atoms with Crippen LogP contribution in [-0.2, 0) is 6.42 Å². The van der Waals surface area contributed by atoms with Crippen LogP contribution in [0.1, 0.15) is 23.1 Å². The number of carbonyl (C=O) groups is 1. The number of benzene rings is 2. The monoisotopic (exact) mass is 446 g/mol. The maximum atomic E-state index is 12.8. The van der Waals surface area contributed by atoms with Crippen molar-refractivity contribution in [2.75, 3.05) is 31.1 Å². The molecule has 1 saturated heterocycles. The molecule has 0 unspecified atom stereocenters. The minimum absolute atomic E-state index is 0.0705. The van der Waals surface area contributed by atoms with E-state index in [2.05, 4.69) is 10.00 Å². The zero-order valence-corrected chi connectivity index (χ0v) is 18.5. The molecule has 8 heteroatoms. The molecule has 162 valence electrons. The quantitative estimate of drug-likeness (QED) is 0.474. The van der Waals surface area contributed by atoms with Crippen molar-refractivity contribution in [2.24, 2.45) is 0 Å². The Morgan fingerprint density at radius 1 is 1.00 bits per heavy atom. The second-order valence-corrected chi connectivity index (χ2v) is 8.17. The molecule has 4 aromatic rings. The number of aryl methyl sites for hydroxylation is 1. The van der Waals surface area contributed by atoms with E-state index in [4.69, 9.17) is 21.6 Å². The summed E-state index contributed by atoms with van der Waals surface area (Å²) in [4.78, 5) is 26.5. The minimum atomic E-state index is 0.0705. The lowest BCUT2D eigenvalue weighted by molar-refractivity contribution is 0.0746. The third-order valence-corrected chi connectivity index (χ3v) is 5.95. The summed E-state index contributed by atoms with van der Waals surface area (Å²) >= 11 is 6.19. The van der Waals surface area contributed by atoms with Gasteiger partial charge in [-0.15, -0.1) is 0 Å². The van der Waals surface area contributed by atoms with Crippen LogP contribution < -0.4 is 4.90 Å². The van der Waals surface area contributed by atoms with Crippen molar-refractivity contribution in [2.45, 2.75) is 13.3 Å². The van der Waals surface area contributed by atoms with Crippen LogP contribution in [0.25, 0.3) is 16.7 Å². The molecule has 0 spiro atoms. The number of anilines is 1. The maximum absolute atomic E-state index is 12.8. The number of amides is 1. The Balaban J connectivity index is 1.44. The van der Waals surface area contributed by atoms with Crippen LogP contribution in [0.4, 0.5) is 5.82 Å². The standard InChI is InChI=1S/C24H23ClN6O/c1-2-21-27-22(20-16-26-31(23(20)28-21)19-10-6-9-18(25)15-19)29-11-13-30(14-12-29)24(32)17-7-4-3-5-8-17/h3-10,15-16H,2,11-14H2,1H3. The molecule has 5 rings (SSSR count). The van der Waals surface area contributed by atoms with Crippen LogP contribution in [0.3, 0.4) is 0 Å². The molecule has 1 amide bonds. The predicted octanol–water partition coefficient (Wildman–Crippen LogP) is 3.99. The van der Waals surface area contributed by atoms with Gasteiger partial charge in [0.05, 0.1) is 17.3 Å². The van der Waals surface area contributed by atoms with Gasteiger partial charge in [-0.25, -0.2) is 14.6 Å². The fourth-order valence-electron chi connectivity index (χ4n) is 4.02. The number of halogens is 1. The lowest BCUT2D eigenvalue weighted by atomic mass is 10.2. The van der Waals surface area contributed by atoms with E-state index in [0.717, 1.165) is 40.3 Å². The largest absolute Gasteiger partial charge is 0.352 e. The molecular formula is C24H23ClN6O. The first-order valence-electron chi connectivity index (χ1n) is 10.7. The van der Waals surface area contributed by atoms with E-state index < -0.39 is 0 Å². The van der Waals surface area contributed by atoms with Gasteiger partial charge in [0, 0.05) is 43.2 Å². The van der Waals surface area contributed by atoms with E-state index >= 15 is 0 Å². The Hall–Kier alpha value is -3.45. The molecule has 32 heavy (non-hydrogen) atoms. The van der Waals surface area contributed by atoms with Gasteiger partial charge in [0.15, 0.2) is 5.65 Å². The van der Waals surface area contributed by atoms with Gasteiger partial charge in [0.25, 0.3) is 5.91 Å².